The van der Waals surface area contributed by atoms with Crippen molar-refractivity contribution < 1.29 is 9.90 Å². The summed E-state index contributed by atoms with van der Waals surface area (Å²) >= 11 is 0. The smallest absolute Gasteiger partial charge is 0.273 e. The van der Waals surface area contributed by atoms with Crippen LogP contribution in [0.5, 0.6) is 5.75 Å². The van der Waals surface area contributed by atoms with E-state index >= 15 is 0 Å². The van der Waals surface area contributed by atoms with Crippen molar-refractivity contribution in [2.45, 2.75) is 6.42 Å². The number of carbonyl (C=O) groups excluding carboxylic acids is 1. The van der Waals surface area contributed by atoms with Crippen LogP contribution in [0.25, 0.3) is 0 Å². The molecule has 0 saturated heterocycles. The number of aromatic amines is 1. The summed E-state index contributed by atoms with van der Waals surface area (Å²) in [6, 6.07) is 2.97. The van der Waals surface area contributed by atoms with Crippen LogP contribution in [0.4, 0.5) is 0 Å². The first-order chi connectivity index (χ1) is 8.27. The number of nitrogens with one attached hydrogen (secondary N) is 2. The van der Waals surface area contributed by atoms with Crippen LogP contribution in [-0.4, -0.2) is 37.7 Å². The Kier molecular flexibility index (Phi) is 3.29. The van der Waals surface area contributed by atoms with Gasteiger partial charge in [0.2, 0.25) is 0 Å². The molecule has 0 aliphatic carbocycles. The number of rotatable bonds is 4. The SMILES string of the molecule is O=C(NCCc1ncn[nH]1)c1ncccc1O. The van der Waals surface area contributed by atoms with Crippen LogP contribution in [0.1, 0.15) is 16.3 Å². The van der Waals surface area contributed by atoms with Crippen molar-refractivity contribution in [1.29, 1.82) is 0 Å². The van der Waals surface area contributed by atoms with Gasteiger partial charge in [-0.25, -0.2) is 9.97 Å². The normalized spacial score (nSPS) is 10.1. The Balaban J connectivity index is 1.88. The predicted molar refractivity (Wildman–Crippen MR) is 58.3 cm³/mol. The summed E-state index contributed by atoms with van der Waals surface area (Å²) < 4.78 is 0. The van der Waals surface area contributed by atoms with E-state index in [1.807, 2.05) is 0 Å². The third-order valence-electron chi connectivity index (χ3n) is 2.11. The lowest BCUT2D eigenvalue weighted by Gasteiger charge is -2.04. The minimum absolute atomic E-state index is 0.0186. The van der Waals surface area contributed by atoms with Crippen LogP contribution in [-0.2, 0) is 6.42 Å². The second-order valence-corrected chi connectivity index (χ2v) is 3.31. The van der Waals surface area contributed by atoms with E-state index in [0.29, 0.717) is 18.8 Å². The largest absolute Gasteiger partial charge is 0.505 e. The van der Waals surface area contributed by atoms with Crippen LogP contribution in [0.3, 0.4) is 0 Å². The Labute approximate surface area is 96.9 Å². The number of pyridine rings is 1. The van der Waals surface area contributed by atoms with Gasteiger partial charge in [0.05, 0.1) is 0 Å². The zero-order chi connectivity index (χ0) is 12.1. The Bertz CT molecular complexity index is 497. The molecule has 0 radical (unpaired) electrons. The fourth-order valence-corrected chi connectivity index (χ4v) is 1.30. The second kappa shape index (κ2) is 5.06. The molecule has 0 aliphatic rings. The molecule has 7 nitrogen and oxygen atoms in total. The molecule has 0 unspecified atom stereocenters. The quantitative estimate of drug-likeness (QED) is 0.682. The first-order valence-electron chi connectivity index (χ1n) is 5.04. The number of aromatic nitrogens is 4. The molecule has 0 bridgehead atoms. The van der Waals surface area contributed by atoms with E-state index in [9.17, 15) is 9.90 Å². The van der Waals surface area contributed by atoms with Crippen LogP contribution in [0.15, 0.2) is 24.7 Å². The monoisotopic (exact) mass is 233 g/mol. The van der Waals surface area contributed by atoms with Gasteiger partial charge in [0.1, 0.15) is 17.9 Å². The van der Waals surface area contributed by atoms with Crippen molar-refractivity contribution in [2.75, 3.05) is 6.54 Å². The van der Waals surface area contributed by atoms with E-state index in [0.717, 1.165) is 0 Å². The minimum Gasteiger partial charge on any atom is -0.505 e. The van der Waals surface area contributed by atoms with Crippen LogP contribution in [0, 0.1) is 0 Å². The van der Waals surface area contributed by atoms with Gasteiger partial charge in [0.15, 0.2) is 5.69 Å². The standard InChI is InChI=1S/C10H11N5O2/c16-7-2-1-4-11-9(7)10(17)12-5-3-8-13-6-14-15-8/h1-2,4,6,16H,3,5H2,(H,12,17)(H,13,14,15). The third-order valence-corrected chi connectivity index (χ3v) is 2.11. The highest BCUT2D eigenvalue weighted by molar-refractivity contribution is 5.94. The zero-order valence-electron chi connectivity index (χ0n) is 8.92. The van der Waals surface area contributed by atoms with Gasteiger partial charge in [0.25, 0.3) is 5.91 Å². The molecular formula is C10H11N5O2. The van der Waals surface area contributed by atoms with E-state index in [2.05, 4.69) is 25.5 Å². The van der Waals surface area contributed by atoms with E-state index in [1.165, 1.54) is 18.6 Å². The van der Waals surface area contributed by atoms with E-state index in [4.69, 9.17) is 0 Å². The zero-order valence-corrected chi connectivity index (χ0v) is 8.92. The molecule has 2 heterocycles. The van der Waals surface area contributed by atoms with Crippen LogP contribution in [0.2, 0.25) is 0 Å². The van der Waals surface area contributed by atoms with Crippen LogP contribution < -0.4 is 5.32 Å². The van der Waals surface area contributed by atoms with Gasteiger partial charge < -0.3 is 10.4 Å². The summed E-state index contributed by atoms with van der Waals surface area (Å²) in [4.78, 5) is 19.3. The molecule has 3 N–H and O–H groups in total. The Hall–Kier alpha value is -2.44. The lowest BCUT2D eigenvalue weighted by atomic mass is 10.3. The Morgan fingerprint density at radius 1 is 1.47 bits per heavy atom. The molecule has 0 aromatic carbocycles. The van der Waals surface area contributed by atoms with Crippen molar-refractivity contribution in [3.05, 3.63) is 36.2 Å². The number of carbonyl (C=O) groups is 1. The fraction of sp³-hybridized carbons (Fsp3) is 0.200. The number of nitrogens with zero attached hydrogens (tertiary/aromatic N) is 3. The van der Waals surface area contributed by atoms with Crippen molar-refractivity contribution in [3.8, 4) is 5.75 Å². The van der Waals surface area contributed by atoms with E-state index < -0.39 is 5.91 Å². The number of H-pyrrole nitrogens is 1. The Morgan fingerprint density at radius 3 is 3.06 bits per heavy atom. The molecule has 2 rings (SSSR count). The Morgan fingerprint density at radius 2 is 2.35 bits per heavy atom. The molecule has 0 atom stereocenters. The number of amides is 1. The predicted octanol–water partition coefficient (Wildman–Crippen LogP) is -0.122. The van der Waals surface area contributed by atoms with Crippen molar-refractivity contribution >= 4 is 5.91 Å². The molecule has 88 valence electrons. The summed E-state index contributed by atoms with van der Waals surface area (Å²) in [6.07, 6.45) is 3.39. The molecule has 0 spiro atoms. The molecule has 17 heavy (non-hydrogen) atoms. The summed E-state index contributed by atoms with van der Waals surface area (Å²) in [5, 5.41) is 18.4. The highest BCUT2D eigenvalue weighted by Crippen LogP contribution is 2.11. The maximum absolute atomic E-state index is 11.6. The second-order valence-electron chi connectivity index (χ2n) is 3.31. The first kappa shape index (κ1) is 11.1. The maximum Gasteiger partial charge on any atom is 0.273 e. The molecule has 2 aromatic heterocycles. The molecule has 1 amide bonds. The average Bonchev–Trinajstić information content (AvgIpc) is 2.82. The fourth-order valence-electron chi connectivity index (χ4n) is 1.30. The van der Waals surface area contributed by atoms with Crippen molar-refractivity contribution in [2.24, 2.45) is 0 Å². The lowest BCUT2D eigenvalue weighted by Crippen LogP contribution is -2.26. The van der Waals surface area contributed by atoms with Gasteiger partial charge in [-0.15, -0.1) is 0 Å². The molecule has 7 heteroatoms. The van der Waals surface area contributed by atoms with Gasteiger partial charge in [-0.3, -0.25) is 9.89 Å². The summed E-state index contributed by atoms with van der Waals surface area (Å²) in [5.41, 5.74) is 0.0186. The third kappa shape index (κ3) is 2.77. The van der Waals surface area contributed by atoms with Crippen LogP contribution >= 0.6 is 0 Å². The van der Waals surface area contributed by atoms with Gasteiger partial charge >= 0.3 is 0 Å². The van der Waals surface area contributed by atoms with Gasteiger partial charge in [-0.05, 0) is 12.1 Å². The van der Waals surface area contributed by atoms with Gasteiger partial charge in [-0.2, -0.15) is 5.10 Å². The summed E-state index contributed by atoms with van der Waals surface area (Å²) in [7, 11) is 0. The highest BCUT2D eigenvalue weighted by atomic mass is 16.3. The molecule has 0 aliphatic heterocycles. The highest BCUT2D eigenvalue weighted by Gasteiger charge is 2.11. The molecule has 0 saturated carbocycles. The van der Waals surface area contributed by atoms with E-state index in [1.54, 1.807) is 6.07 Å². The molecule has 2 aromatic rings. The number of hydrogen-bond acceptors (Lipinski definition) is 5. The minimum atomic E-state index is -0.414. The topological polar surface area (TPSA) is 104 Å². The summed E-state index contributed by atoms with van der Waals surface area (Å²) in [5.74, 6) is 0.142. The van der Waals surface area contributed by atoms with Crippen molar-refractivity contribution in [3.63, 3.8) is 0 Å². The van der Waals surface area contributed by atoms with Crippen molar-refractivity contribution in [1.82, 2.24) is 25.5 Å². The molecule has 0 fully saturated rings. The van der Waals surface area contributed by atoms with E-state index in [-0.39, 0.29) is 11.4 Å². The number of hydrogen-bond donors (Lipinski definition) is 3. The average molecular weight is 233 g/mol. The van der Waals surface area contributed by atoms with Gasteiger partial charge in [-0.1, -0.05) is 0 Å². The lowest BCUT2D eigenvalue weighted by molar-refractivity contribution is 0.0946. The first-order valence-corrected chi connectivity index (χ1v) is 5.04. The summed E-state index contributed by atoms with van der Waals surface area (Å²) in [6.45, 7) is 0.393. The molecular weight excluding hydrogens is 222 g/mol. The van der Waals surface area contributed by atoms with Gasteiger partial charge in [0, 0.05) is 19.2 Å². The maximum atomic E-state index is 11.6. The number of aromatic hydroxyl groups is 1.